The highest BCUT2D eigenvalue weighted by molar-refractivity contribution is 5.93. The fourth-order valence-corrected chi connectivity index (χ4v) is 0.865. The third-order valence-corrected chi connectivity index (χ3v) is 1.55. The second-order valence-corrected chi connectivity index (χ2v) is 2.63. The number of aryl methyl sites for hydroxylation is 1. The Morgan fingerprint density at radius 1 is 1.62 bits per heavy atom. The van der Waals surface area contributed by atoms with Gasteiger partial charge in [-0.15, -0.1) is 0 Å². The van der Waals surface area contributed by atoms with E-state index >= 15 is 0 Å². The van der Waals surface area contributed by atoms with Crippen LogP contribution in [-0.4, -0.2) is 24.1 Å². The lowest BCUT2D eigenvalue weighted by molar-refractivity contribution is 0.0950. The van der Waals surface area contributed by atoms with Crippen LogP contribution in [0.5, 0.6) is 0 Å². The van der Waals surface area contributed by atoms with Crippen molar-refractivity contribution in [3.63, 3.8) is 0 Å². The van der Waals surface area contributed by atoms with Crippen molar-refractivity contribution in [2.45, 2.75) is 6.92 Å². The number of carbonyl (C=O) groups excluding carboxylic acids is 1. The van der Waals surface area contributed by atoms with Gasteiger partial charge in [0.2, 0.25) is 0 Å². The Labute approximate surface area is 76.0 Å². The SMILES string of the molecule is Cc1ccc(C(=O)NCCF)cn1. The van der Waals surface area contributed by atoms with Crippen molar-refractivity contribution in [2.24, 2.45) is 0 Å². The number of halogens is 1. The summed E-state index contributed by atoms with van der Waals surface area (Å²) in [6, 6.07) is 3.40. The summed E-state index contributed by atoms with van der Waals surface area (Å²) < 4.78 is 11.7. The van der Waals surface area contributed by atoms with E-state index < -0.39 is 6.67 Å². The summed E-state index contributed by atoms with van der Waals surface area (Å²) in [5.41, 5.74) is 1.31. The van der Waals surface area contributed by atoms with Gasteiger partial charge in [-0.2, -0.15) is 0 Å². The number of rotatable bonds is 3. The van der Waals surface area contributed by atoms with E-state index in [2.05, 4.69) is 10.3 Å². The molecule has 1 aromatic rings. The molecule has 0 aliphatic carbocycles. The largest absolute Gasteiger partial charge is 0.349 e. The summed E-state index contributed by atoms with van der Waals surface area (Å²) in [7, 11) is 0. The zero-order valence-corrected chi connectivity index (χ0v) is 7.38. The van der Waals surface area contributed by atoms with Crippen LogP contribution in [0.1, 0.15) is 16.1 Å². The molecule has 0 spiro atoms. The predicted octanol–water partition coefficient (Wildman–Crippen LogP) is 1.09. The first kappa shape index (κ1) is 9.64. The second kappa shape index (κ2) is 4.54. The molecule has 1 heterocycles. The van der Waals surface area contributed by atoms with Crippen LogP contribution in [0.3, 0.4) is 0 Å². The number of nitrogens with zero attached hydrogens (tertiary/aromatic N) is 1. The van der Waals surface area contributed by atoms with Gasteiger partial charge in [0, 0.05) is 18.4 Å². The molecule has 0 fully saturated rings. The Morgan fingerprint density at radius 3 is 2.92 bits per heavy atom. The monoisotopic (exact) mass is 182 g/mol. The summed E-state index contributed by atoms with van der Waals surface area (Å²) in [6.45, 7) is 1.33. The normalized spacial score (nSPS) is 9.69. The summed E-state index contributed by atoms with van der Waals surface area (Å²) in [4.78, 5) is 15.2. The molecule has 0 aromatic carbocycles. The van der Waals surface area contributed by atoms with Crippen molar-refractivity contribution >= 4 is 5.91 Å². The molecule has 1 amide bonds. The molecule has 70 valence electrons. The highest BCUT2D eigenvalue weighted by atomic mass is 19.1. The van der Waals surface area contributed by atoms with Crippen molar-refractivity contribution in [2.75, 3.05) is 13.2 Å². The molecular weight excluding hydrogens is 171 g/mol. The maximum atomic E-state index is 11.7. The standard InChI is InChI=1S/C9H11FN2O/c1-7-2-3-8(6-12-7)9(13)11-5-4-10/h2-3,6H,4-5H2,1H3,(H,11,13). The lowest BCUT2D eigenvalue weighted by Gasteiger charge is -2.01. The van der Waals surface area contributed by atoms with Crippen molar-refractivity contribution < 1.29 is 9.18 Å². The fraction of sp³-hybridized carbons (Fsp3) is 0.333. The average molecular weight is 182 g/mol. The Balaban J connectivity index is 2.61. The summed E-state index contributed by atoms with van der Waals surface area (Å²) in [5.74, 6) is -0.287. The number of alkyl halides is 1. The van der Waals surface area contributed by atoms with Crippen LogP contribution < -0.4 is 5.32 Å². The highest BCUT2D eigenvalue weighted by Crippen LogP contribution is 1.98. The van der Waals surface area contributed by atoms with Crippen LogP contribution >= 0.6 is 0 Å². The van der Waals surface area contributed by atoms with Crippen LogP contribution in [0.2, 0.25) is 0 Å². The highest BCUT2D eigenvalue weighted by Gasteiger charge is 2.03. The molecule has 0 unspecified atom stereocenters. The topological polar surface area (TPSA) is 42.0 Å². The van der Waals surface area contributed by atoms with Gasteiger partial charge in [0.15, 0.2) is 0 Å². The maximum Gasteiger partial charge on any atom is 0.252 e. The molecule has 1 N–H and O–H groups in total. The number of pyridine rings is 1. The van der Waals surface area contributed by atoms with Crippen LogP contribution in [0.15, 0.2) is 18.3 Å². The van der Waals surface area contributed by atoms with Crippen LogP contribution in [0.25, 0.3) is 0 Å². The van der Waals surface area contributed by atoms with Crippen LogP contribution in [0, 0.1) is 6.92 Å². The molecule has 1 rings (SSSR count). The van der Waals surface area contributed by atoms with Crippen molar-refractivity contribution in [1.29, 1.82) is 0 Å². The summed E-state index contributed by atoms with van der Waals surface area (Å²) >= 11 is 0. The Morgan fingerprint density at radius 2 is 2.38 bits per heavy atom. The average Bonchev–Trinajstić information content (AvgIpc) is 2.15. The van der Waals surface area contributed by atoms with Gasteiger partial charge in [-0.25, -0.2) is 4.39 Å². The van der Waals surface area contributed by atoms with Gasteiger partial charge in [-0.1, -0.05) is 0 Å². The summed E-state index contributed by atoms with van der Waals surface area (Å²) in [5, 5.41) is 2.41. The minimum atomic E-state index is -0.551. The number of carbonyl (C=O) groups is 1. The molecular formula is C9H11FN2O. The Hall–Kier alpha value is -1.45. The van der Waals surface area contributed by atoms with Gasteiger partial charge >= 0.3 is 0 Å². The zero-order chi connectivity index (χ0) is 9.68. The second-order valence-electron chi connectivity index (χ2n) is 2.63. The number of hydrogen-bond acceptors (Lipinski definition) is 2. The van der Waals surface area contributed by atoms with E-state index in [1.165, 1.54) is 6.20 Å². The van der Waals surface area contributed by atoms with E-state index in [0.717, 1.165) is 5.69 Å². The third kappa shape index (κ3) is 2.82. The number of aromatic nitrogens is 1. The third-order valence-electron chi connectivity index (χ3n) is 1.55. The molecule has 4 heteroatoms. The van der Waals surface area contributed by atoms with E-state index in [1.807, 2.05) is 6.92 Å². The fourth-order valence-electron chi connectivity index (χ4n) is 0.865. The molecule has 0 atom stereocenters. The first-order chi connectivity index (χ1) is 6.24. The van der Waals surface area contributed by atoms with Gasteiger partial charge < -0.3 is 5.32 Å². The minimum Gasteiger partial charge on any atom is -0.349 e. The van der Waals surface area contributed by atoms with Crippen LogP contribution in [0.4, 0.5) is 4.39 Å². The molecule has 0 bridgehead atoms. The molecule has 0 aliphatic rings. The van der Waals surface area contributed by atoms with Crippen molar-refractivity contribution in [1.82, 2.24) is 10.3 Å². The number of hydrogen-bond donors (Lipinski definition) is 1. The zero-order valence-electron chi connectivity index (χ0n) is 7.38. The van der Waals surface area contributed by atoms with E-state index in [1.54, 1.807) is 12.1 Å². The number of amides is 1. The first-order valence-corrected chi connectivity index (χ1v) is 4.01. The first-order valence-electron chi connectivity index (χ1n) is 4.01. The molecule has 1 aromatic heterocycles. The Kier molecular flexibility index (Phi) is 3.37. The van der Waals surface area contributed by atoms with Gasteiger partial charge in [-0.05, 0) is 19.1 Å². The van der Waals surface area contributed by atoms with Crippen LogP contribution in [-0.2, 0) is 0 Å². The van der Waals surface area contributed by atoms with Gasteiger partial charge in [0.1, 0.15) is 6.67 Å². The quantitative estimate of drug-likeness (QED) is 0.760. The van der Waals surface area contributed by atoms with Crippen molar-refractivity contribution in [3.05, 3.63) is 29.6 Å². The maximum absolute atomic E-state index is 11.7. The van der Waals surface area contributed by atoms with E-state index in [4.69, 9.17) is 0 Å². The molecule has 0 aliphatic heterocycles. The van der Waals surface area contributed by atoms with E-state index in [-0.39, 0.29) is 12.5 Å². The molecule has 0 radical (unpaired) electrons. The minimum absolute atomic E-state index is 0.0483. The van der Waals surface area contributed by atoms with Gasteiger partial charge in [-0.3, -0.25) is 9.78 Å². The van der Waals surface area contributed by atoms with Gasteiger partial charge in [0.05, 0.1) is 5.56 Å². The van der Waals surface area contributed by atoms with E-state index in [9.17, 15) is 9.18 Å². The van der Waals surface area contributed by atoms with Crippen molar-refractivity contribution in [3.8, 4) is 0 Å². The number of nitrogens with one attached hydrogen (secondary N) is 1. The molecule has 0 saturated carbocycles. The predicted molar refractivity (Wildman–Crippen MR) is 47.3 cm³/mol. The van der Waals surface area contributed by atoms with E-state index in [0.29, 0.717) is 5.56 Å². The van der Waals surface area contributed by atoms with Gasteiger partial charge in [0.25, 0.3) is 5.91 Å². The summed E-state index contributed by atoms with van der Waals surface area (Å²) in [6.07, 6.45) is 1.48. The smallest absolute Gasteiger partial charge is 0.252 e. The lowest BCUT2D eigenvalue weighted by Crippen LogP contribution is -2.25. The Bertz CT molecular complexity index is 284. The molecule has 3 nitrogen and oxygen atoms in total. The molecule has 13 heavy (non-hydrogen) atoms. The molecule has 0 saturated heterocycles. The lowest BCUT2D eigenvalue weighted by atomic mass is 10.2.